The molecular weight excluding hydrogens is 458 g/mol. The predicted octanol–water partition coefficient (Wildman–Crippen LogP) is 4.97. The van der Waals surface area contributed by atoms with Crippen LogP contribution >= 0.6 is 23.8 Å². The first-order chi connectivity index (χ1) is 14.8. The molecule has 3 rings (SSSR count). The second-order valence-corrected chi connectivity index (χ2v) is 8.78. The molecule has 0 aromatic heterocycles. The molecule has 0 aliphatic carbocycles. The molecule has 0 amide bonds. The minimum Gasteiger partial charge on any atom is -0.495 e. The minimum absolute atomic E-state index is 0.0254. The van der Waals surface area contributed by atoms with Crippen LogP contribution in [0.4, 0.5) is 17.1 Å². The van der Waals surface area contributed by atoms with Crippen LogP contribution in [0.15, 0.2) is 71.6 Å². The molecule has 7 nitrogen and oxygen atoms in total. The fourth-order valence-electron chi connectivity index (χ4n) is 2.69. The van der Waals surface area contributed by atoms with Crippen molar-refractivity contribution in [3.05, 3.63) is 71.8 Å². The smallest absolute Gasteiger partial charge is 0.262 e. The van der Waals surface area contributed by atoms with Crippen LogP contribution < -0.4 is 24.8 Å². The maximum absolute atomic E-state index is 12.8. The van der Waals surface area contributed by atoms with Gasteiger partial charge in [0.1, 0.15) is 11.5 Å². The Kier molecular flexibility index (Phi) is 7.21. The van der Waals surface area contributed by atoms with Gasteiger partial charge in [0.2, 0.25) is 0 Å². The van der Waals surface area contributed by atoms with E-state index in [-0.39, 0.29) is 4.90 Å². The van der Waals surface area contributed by atoms with E-state index in [0.29, 0.717) is 33.0 Å². The molecule has 0 atom stereocenters. The van der Waals surface area contributed by atoms with Crippen LogP contribution in [-0.2, 0) is 10.0 Å². The fourth-order valence-corrected chi connectivity index (χ4v) is 4.13. The lowest BCUT2D eigenvalue weighted by atomic mass is 10.3. The summed E-state index contributed by atoms with van der Waals surface area (Å²) in [6.45, 7) is 0. The van der Waals surface area contributed by atoms with Gasteiger partial charge in [-0.2, -0.15) is 0 Å². The molecule has 10 heteroatoms. The third-order valence-corrected chi connectivity index (χ3v) is 6.00. The molecule has 0 heterocycles. The molecular formula is C21H20ClN3O4S2. The zero-order valence-corrected chi connectivity index (χ0v) is 19.1. The number of nitrogens with one attached hydrogen (secondary N) is 3. The van der Waals surface area contributed by atoms with E-state index in [1.165, 1.54) is 26.4 Å². The number of ether oxygens (including phenoxy) is 2. The topological polar surface area (TPSA) is 88.7 Å². The normalized spacial score (nSPS) is 10.8. The van der Waals surface area contributed by atoms with Crippen LogP contribution in [0.1, 0.15) is 0 Å². The zero-order valence-electron chi connectivity index (χ0n) is 16.7. The van der Waals surface area contributed by atoms with Gasteiger partial charge >= 0.3 is 0 Å². The van der Waals surface area contributed by atoms with Crippen LogP contribution in [0.25, 0.3) is 0 Å². The lowest BCUT2D eigenvalue weighted by Crippen LogP contribution is -2.20. The van der Waals surface area contributed by atoms with Crippen LogP contribution in [0.2, 0.25) is 5.02 Å². The van der Waals surface area contributed by atoms with Crippen LogP contribution in [0, 0.1) is 0 Å². The van der Waals surface area contributed by atoms with E-state index in [2.05, 4.69) is 15.4 Å². The van der Waals surface area contributed by atoms with Gasteiger partial charge in [0.05, 0.1) is 30.5 Å². The highest BCUT2D eigenvalue weighted by Gasteiger charge is 2.19. The van der Waals surface area contributed by atoms with E-state index in [0.717, 1.165) is 5.69 Å². The molecule has 0 unspecified atom stereocenters. The monoisotopic (exact) mass is 477 g/mol. The summed E-state index contributed by atoms with van der Waals surface area (Å²) in [6, 6.07) is 18.2. The van der Waals surface area contributed by atoms with E-state index >= 15 is 0 Å². The molecule has 0 saturated carbocycles. The van der Waals surface area contributed by atoms with Crippen molar-refractivity contribution in [2.75, 3.05) is 29.6 Å². The maximum Gasteiger partial charge on any atom is 0.262 e. The van der Waals surface area contributed by atoms with Gasteiger partial charge in [0.15, 0.2) is 5.11 Å². The highest BCUT2D eigenvalue weighted by molar-refractivity contribution is 7.92. The third-order valence-electron chi connectivity index (χ3n) is 4.18. The Hall–Kier alpha value is -3.01. The lowest BCUT2D eigenvalue weighted by Gasteiger charge is -2.16. The van der Waals surface area contributed by atoms with E-state index in [9.17, 15) is 8.42 Å². The van der Waals surface area contributed by atoms with Gasteiger partial charge in [0, 0.05) is 16.8 Å². The first-order valence-corrected chi connectivity index (χ1v) is 11.3. The number of methoxy groups -OCH3 is 2. The van der Waals surface area contributed by atoms with Gasteiger partial charge in [-0.1, -0.05) is 23.7 Å². The number of thiocarbonyl (C=S) groups is 1. The maximum atomic E-state index is 12.8. The summed E-state index contributed by atoms with van der Waals surface area (Å²) in [5.41, 5.74) is 1.59. The molecule has 3 N–H and O–H groups in total. The number of para-hydroxylation sites is 2. The Labute approximate surface area is 191 Å². The molecule has 0 aliphatic heterocycles. The molecule has 0 bridgehead atoms. The average Bonchev–Trinajstić information content (AvgIpc) is 2.75. The van der Waals surface area contributed by atoms with Gasteiger partial charge in [-0.05, 0) is 60.7 Å². The molecule has 0 saturated heterocycles. The van der Waals surface area contributed by atoms with Crippen molar-refractivity contribution in [2.24, 2.45) is 0 Å². The minimum atomic E-state index is -3.88. The highest BCUT2D eigenvalue weighted by Crippen LogP contribution is 2.31. The Balaban J connectivity index is 1.78. The van der Waals surface area contributed by atoms with E-state index < -0.39 is 10.0 Å². The van der Waals surface area contributed by atoms with Crippen molar-refractivity contribution >= 4 is 56.0 Å². The van der Waals surface area contributed by atoms with Gasteiger partial charge in [0.25, 0.3) is 10.0 Å². The Morgan fingerprint density at radius 3 is 2.23 bits per heavy atom. The summed E-state index contributed by atoms with van der Waals surface area (Å²) in [6.07, 6.45) is 0. The second-order valence-electron chi connectivity index (χ2n) is 6.25. The molecule has 0 radical (unpaired) electrons. The zero-order chi connectivity index (χ0) is 22.4. The summed E-state index contributed by atoms with van der Waals surface area (Å²) in [5.74, 6) is 0.720. The Morgan fingerprint density at radius 2 is 1.55 bits per heavy atom. The predicted molar refractivity (Wildman–Crippen MR) is 128 cm³/mol. The van der Waals surface area contributed by atoms with E-state index in [1.807, 2.05) is 0 Å². The van der Waals surface area contributed by atoms with Crippen molar-refractivity contribution in [3.63, 3.8) is 0 Å². The quantitative estimate of drug-likeness (QED) is 0.414. The number of sulfonamides is 1. The molecule has 162 valence electrons. The molecule has 3 aromatic carbocycles. The van der Waals surface area contributed by atoms with Crippen molar-refractivity contribution < 1.29 is 17.9 Å². The van der Waals surface area contributed by atoms with E-state index in [4.69, 9.17) is 33.3 Å². The van der Waals surface area contributed by atoms with Crippen molar-refractivity contribution in [2.45, 2.75) is 4.90 Å². The lowest BCUT2D eigenvalue weighted by molar-refractivity contribution is 0.415. The van der Waals surface area contributed by atoms with Gasteiger partial charge in [-0.15, -0.1) is 0 Å². The number of halogens is 1. The number of hydrogen-bond donors (Lipinski definition) is 3. The SMILES string of the molecule is COc1cc(S(=O)(=O)Nc2ccccc2OC)ccc1NC(=S)Nc1ccc(Cl)cc1. The molecule has 0 aliphatic rings. The summed E-state index contributed by atoms with van der Waals surface area (Å²) >= 11 is 11.2. The molecule has 31 heavy (non-hydrogen) atoms. The standard InChI is InChI=1S/C21H20ClN3O4S2/c1-28-19-6-4-3-5-18(19)25-31(26,27)16-11-12-17(20(13-16)29-2)24-21(30)23-15-9-7-14(22)8-10-15/h3-13,25H,1-2H3,(H2,23,24,30). The molecule has 0 fully saturated rings. The summed E-state index contributed by atoms with van der Waals surface area (Å²) in [4.78, 5) is 0.0254. The number of hydrogen-bond acceptors (Lipinski definition) is 5. The molecule has 3 aromatic rings. The van der Waals surface area contributed by atoms with Crippen molar-refractivity contribution in [1.29, 1.82) is 0 Å². The van der Waals surface area contributed by atoms with Crippen molar-refractivity contribution in [3.8, 4) is 11.5 Å². The van der Waals surface area contributed by atoms with Crippen molar-refractivity contribution in [1.82, 2.24) is 0 Å². The first-order valence-electron chi connectivity index (χ1n) is 9.00. The number of benzene rings is 3. The third kappa shape index (κ3) is 5.78. The molecule has 0 spiro atoms. The highest BCUT2D eigenvalue weighted by atomic mass is 35.5. The summed E-state index contributed by atoms with van der Waals surface area (Å²) in [7, 11) is -0.961. The van der Waals surface area contributed by atoms with E-state index in [1.54, 1.807) is 54.6 Å². The van der Waals surface area contributed by atoms with Crippen LogP contribution in [0.5, 0.6) is 11.5 Å². The van der Waals surface area contributed by atoms with Gasteiger partial charge in [-0.25, -0.2) is 8.42 Å². The number of anilines is 3. The number of rotatable bonds is 7. The fraction of sp³-hybridized carbons (Fsp3) is 0.0952. The van der Waals surface area contributed by atoms with Crippen LogP contribution in [0.3, 0.4) is 0 Å². The summed E-state index contributed by atoms with van der Waals surface area (Å²) < 4.78 is 38.8. The second kappa shape index (κ2) is 9.86. The summed E-state index contributed by atoms with van der Waals surface area (Å²) in [5, 5.41) is 6.94. The largest absolute Gasteiger partial charge is 0.495 e. The first kappa shape index (κ1) is 22.7. The van der Waals surface area contributed by atoms with Gasteiger partial charge < -0.3 is 20.1 Å². The van der Waals surface area contributed by atoms with Gasteiger partial charge in [-0.3, -0.25) is 4.72 Å². The average molecular weight is 478 g/mol. The Bertz CT molecular complexity index is 1190. The van der Waals surface area contributed by atoms with Crippen LogP contribution in [-0.4, -0.2) is 27.7 Å². The Morgan fingerprint density at radius 1 is 0.871 bits per heavy atom.